The molecule has 0 radical (unpaired) electrons. The Kier molecular flexibility index (Phi) is 4.77. The molecule has 0 aliphatic carbocycles. The monoisotopic (exact) mass is 279 g/mol. The van der Waals surface area contributed by atoms with Crippen LogP contribution in [0.1, 0.15) is 33.1 Å². The zero-order valence-corrected chi connectivity index (χ0v) is 11.2. The molecule has 1 heterocycles. The number of alkyl halides is 1. The highest BCUT2D eigenvalue weighted by Gasteiger charge is 2.36. The summed E-state index contributed by atoms with van der Waals surface area (Å²) >= 11 is 5.25. The minimum absolute atomic E-state index is 0.157. The molecule has 1 aliphatic heterocycles. The fourth-order valence-corrected chi connectivity index (χ4v) is 2.99. The van der Waals surface area contributed by atoms with Gasteiger partial charge in [0.2, 0.25) is 5.91 Å². The molecule has 1 rings (SSSR count). The average Bonchev–Trinajstić information content (AvgIpc) is 2.52. The van der Waals surface area contributed by atoms with E-state index in [2.05, 4.69) is 35.1 Å². The van der Waals surface area contributed by atoms with Gasteiger partial charge in [0.15, 0.2) is 0 Å². The Hall–Kier alpha value is 0.300. The number of carbonyl (C=O) groups is 1. The number of hydrogen-bond donors (Lipinski definition) is 1. The fraction of sp³-hybridized carbons (Fsp3) is 0.900. The van der Waals surface area contributed by atoms with E-state index in [0.29, 0.717) is 4.83 Å². The molecule has 0 aromatic rings. The number of nitrogens with one attached hydrogen (secondary N) is 1. The first-order valence-corrected chi connectivity index (χ1v) is 7.01. The number of thioether (sulfide) groups is 1. The summed E-state index contributed by atoms with van der Waals surface area (Å²) < 4.78 is -0.157. The molecule has 4 heteroatoms. The van der Waals surface area contributed by atoms with Crippen LogP contribution in [0.25, 0.3) is 0 Å². The molecule has 1 saturated heterocycles. The lowest BCUT2D eigenvalue weighted by Crippen LogP contribution is -2.41. The van der Waals surface area contributed by atoms with E-state index >= 15 is 0 Å². The summed E-state index contributed by atoms with van der Waals surface area (Å²) in [6.07, 6.45) is 3.18. The molecular weight excluding hydrogens is 262 g/mol. The zero-order chi connectivity index (χ0) is 10.6. The van der Waals surface area contributed by atoms with Gasteiger partial charge >= 0.3 is 0 Å². The minimum Gasteiger partial charge on any atom is -0.355 e. The lowest BCUT2D eigenvalue weighted by Gasteiger charge is -2.21. The maximum atomic E-state index is 11.8. The zero-order valence-electron chi connectivity index (χ0n) is 8.81. The van der Waals surface area contributed by atoms with Crippen molar-refractivity contribution in [2.24, 2.45) is 0 Å². The van der Waals surface area contributed by atoms with Crippen LogP contribution in [0.15, 0.2) is 0 Å². The molecule has 14 heavy (non-hydrogen) atoms. The van der Waals surface area contributed by atoms with Crippen LogP contribution in [-0.2, 0) is 4.79 Å². The summed E-state index contributed by atoms with van der Waals surface area (Å²) in [5.41, 5.74) is 0. The summed E-state index contributed by atoms with van der Waals surface area (Å²) in [7, 11) is 0. The molecule has 2 unspecified atom stereocenters. The highest BCUT2D eigenvalue weighted by Crippen LogP contribution is 2.37. The Labute approximate surface area is 98.7 Å². The van der Waals surface area contributed by atoms with Crippen molar-refractivity contribution in [1.82, 2.24) is 5.32 Å². The van der Waals surface area contributed by atoms with Crippen LogP contribution < -0.4 is 5.32 Å². The van der Waals surface area contributed by atoms with Crippen molar-refractivity contribution >= 4 is 33.6 Å². The van der Waals surface area contributed by atoms with Gasteiger partial charge in [-0.15, -0.1) is 11.8 Å². The van der Waals surface area contributed by atoms with Crippen LogP contribution in [0, 0.1) is 0 Å². The fourth-order valence-electron chi connectivity index (χ4n) is 1.53. The van der Waals surface area contributed by atoms with Gasteiger partial charge in [-0.2, -0.15) is 0 Å². The second-order valence-electron chi connectivity index (χ2n) is 4.01. The number of carbonyl (C=O) groups excluding carboxylic acids is 1. The van der Waals surface area contributed by atoms with E-state index in [4.69, 9.17) is 0 Å². The van der Waals surface area contributed by atoms with Crippen LogP contribution in [-0.4, -0.2) is 27.8 Å². The average molecular weight is 280 g/mol. The van der Waals surface area contributed by atoms with Crippen molar-refractivity contribution in [3.8, 4) is 0 Å². The molecule has 0 aromatic heterocycles. The van der Waals surface area contributed by atoms with Gasteiger partial charge in [0, 0.05) is 11.4 Å². The van der Waals surface area contributed by atoms with Crippen molar-refractivity contribution in [3.63, 3.8) is 0 Å². The lowest BCUT2D eigenvalue weighted by molar-refractivity contribution is -0.123. The summed E-state index contributed by atoms with van der Waals surface area (Å²) in [4.78, 5) is 12.3. The Morgan fingerprint density at radius 3 is 2.93 bits per heavy atom. The summed E-state index contributed by atoms with van der Waals surface area (Å²) in [6, 6.07) is 0. The molecule has 1 amide bonds. The predicted molar refractivity (Wildman–Crippen MR) is 66.1 cm³/mol. The lowest BCUT2D eigenvalue weighted by atomic mass is 10.0. The third kappa shape index (κ3) is 3.46. The quantitative estimate of drug-likeness (QED) is 0.802. The van der Waals surface area contributed by atoms with E-state index in [-0.39, 0.29) is 10.7 Å². The normalized spacial score (nSPS) is 28.8. The van der Waals surface area contributed by atoms with Crippen molar-refractivity contribution in [3.05, 3.63) is 0 Å². The van der Waals surface area contributed by atoms with Gasteiger partial charge in [0.25, 0.3) is 0 Å². The number of hydrogen-bond acceptors (Lipinski definition) is 2. The van der Waals surface area contributed by atoms with Crippen LogP contribution in [0.2, 0.25) is 0 Å². The third-order valence-corrected chi connectivity index (χ3v) is 4.50. The van der Waals surface area contributed by atoms with E-state index < -0.39 is 0 Å². The van der Waals surface area contributed by atoms with E-state index in [1.54, 1.807) is 11.8 Å². The topological polar surface area (TPSA) is 29.1 Å². The van der Waals surface area contributed by atoms with Crippen molar-refractivity contribution in [2.75, 3.05) is 12.3 Å². The van der Waals surface area contributed by atoms with Crippen LogP contribution >= 0.6 is 27.7 Å². The van der Waals surface area contributed by atoms with Gasteiger partial charge < -0.3 is 5.32 Å². The molecule has 0 aromatic carbocycles. The molecule has 1 N–H and O–H groups in total. The first-order valence-electron chi connectivity index (χ1n) is 5.11. The van der Waals surface area contributed by atoms with Gasteiger partial charge in [0.05, 0.1) is 4.75 Å². The van der Waals surface area contributed by atoms with Gasteiger partial charge in [-0.05, 0) is 31.9 Å². The second-order valence-corrected chi connectivity index (χ2v) is 7.17. The minimum atomic E-state index is -0.157. The highest BCUT2D eigenvalue weighted by molar-refractivity contribution is 9.09. The van der Waals surface area contributed by atoms with Crippen molar-refractivity contribution in [1.29, 1.82) is 0 Å². The van der Waals surface area contributed by atoms with E-state index in [9.17, 15) is 4.79 Å². The molecule has 2 atom stereocenters. The molecule has 82 valence electrons. The first-order chi connectivity index (χ1) is 6.54. The Morgan fingerprint density at radius 2 is 2.43 bits per heavy atom. The SMILES string of the molecule is CC(Br)CCNC(=O)C1(C)CCCS1. The van der Waals surface area contributed by atoms with Gasteiger partial charge in [-0.1, -0.05) is 22.9 Å². The Bertz CT molecular complexity index is 202. The standard InChI is InChI=1S/C10H18BrNOS/c1-8(11)4-6-12-9(13)10(2)5-3-7-14-10/h8H,3-7H2,1-2H3,(H,12,13). The number of rotatable bonds is 4. The number of halogens is 1. The van der Waals surface area contributed by atoms with E-state index in [1.165, 1.54) is 6.42 Å². The van der Waals surface area contributed by atoms with E-state index in [1.807, 2.05) is 0 Å². The first kappa shape index (κ1) is 12.4. The Morgan fingerprint density at radius 1 is 1.71 bits per heavy atom. The van der Waals surface area contributed by atoms with Crippen LogP contribution in [0.5, 0.6) is 0 Å². The van der Waals surface area contributed by atoms with Gasteiger partial charge in [-0.25, -0.2) is 0 Å². The smallest absolute Gasteiger partial charge is 0.235 e. The predicted octanol–water partition coefficient (Wildman–Crippen LogP) is 2.56. The molecule has 0 spiro atoms. The largest absolute Gasteiger partial charge is 0.355 e. The second kappa shape index (κ2) is 5.40. The summed E-state index contributed by atoms with van der Waals surface area (Å²) in [5, 5.41) is 3.01. The third-order valence-electron chi connectivity index (χ3n) is 2.53. The highest BCUT2D eigenvalue weighted by atomic mass is 79.9. The molecule has 0 bridgehead atoms. The molecular formula is C10H18BrNOS. The van der Waals surface area contributed by atoms with E-state index in [0.717, 1.165) is 25.1 Å². The summed E-state index contributed by atoms with van der Waals surface area (Å²) in [5.74, 6) is 1.34. The molecule has 0 saturated carbocycles. The van der Waals surface area contributed by atoms with Crippen LogP contribution in [0.4, 0.5) is 0 Å². The Balaban J connectivity index is 2.27. The van der Waals surface area contributed by atoms with Crippen LogP contribution in [0.3, 0.4) is 0 Å². The van der Waals surface area contributed by atoms with Gasteiger partial charge in [0.1, 0.15) is 0 Å². The summed E-state index contributed by atoms with van der Waals surface area (Å²) in [6.45, 7) is 4.93. The number of amides is 1. The maximum Gasteiger partial charge on any atom is 0.235 e. The van der Waals surface area contributed by atoms with Gasteiger partial charge in [-0.3, -0.25) is 4.79 Å². The van der Waals surface area contributed by atoms with Crippen molar-refractivity contribution in [2.45, 2.75) is 42.7 Å². The molecule has 1 fully saturated rings. The molecule has 2 nitrogen and oxygen atoms in total. The van der Waals surface area contributed by atoms with Crippen molar-refractivity contribution < 1.29 is 4.79 Å². The molecule has 1 aliphatic rings. The maximum absolute atomic E-state index is 11.8.